The molecule has 0 fully saturated rings. The molecule has 0 saturated carbocycles. The molecule has 0 aliphatic carbocycles. The van der Waals surface area contributed by atoms with Gasteiger partial charge >= 0.3 is 6.36 Å². The quantitative estimate of drug-likeness (QED) is 0.779. The third-order valence-electron chi connectivity index (χ3n) is 3.53. The molecule has 0 heterocycles. The average molecular weight is 396 g/mol. The molecular weight excluding hydrogens is 377 g/mol. The molecule has 6 nitrogen and oxygen atoms in total. The Bertz CT molecular complexity index is 795. The highest BCUT2D eigenvalue weighted by atomic mass is 19.4. The van der Waals surface area contributed by atoms with Gasteiger partial charge in [-0.2, -0.15) is 0 Å². The molecule has 0 saturated heterocycles. The monoisotopic (exact) mass is 396 g/mol. The van der Waals surface area contributed by atoms with E-state index in [4.69, 9.17) is 4.74 Å². The van der Waals surface area contributed by atoms with Gasteiger partial charge in [0.25, 0.3) is 5.91 Å². The van der Waals surface area contributed by atoms with Crippen LogP contribution in [0.25, 0.3) is 0 Å². The van der Waals surface area contributed by atoms with Crippen LogP contribution in [0, 0.1) is 0 Å². The molecule has 2 aromatic carbocycles. The summed E-state index contributed by atoms with van der Waals surface area (Å²) in [5.74, 6) is -0.771. The molecule has 2 aromatic rings. The maximum atomic E-state index is 12.3. The van der Waals surface area contributed by atoms with E-state index in [9.17, 15) is 22.8 Å². The highest BCUT2D eigenvalue weighted by Crippen LogP contribution is 2.23. The zero-order chi connectivity index (χ0) is 20.7. The number of ether oxygens (including phenoxy) is 2. The van der Waals surface area contributed by atoms with E-state index in [2.05, 4.69) is 10.1 Å². The lowest BCUT2D eigenvalue weighted by molar-refractivity contribution is -0.274. The molecule has 2 rings (SSSR count). The molecule has 2 amide bonds. The fourth-order valence-corrected chi connectivity index (χ4v) is 2.30. The summed E-state index contributed by atoms with van der Waals surface area (Å²) in [6.07, 6.45) is -5.58. The van der Waals surface area contributed by atoms with E-state index in [1.807, 2.05) is 6.07 Å². The van der Waals surface area contributed by atoms with E-state index in [0.29, 0.717) is 5.75 Å². The second-order valence-corrected chi connectivity index (χ2v) is 5.89. The first-order valence-electron chi connectivity index (χ1n) is 8.26. The number of hydrogen-bond acceptors (Lipinski definition) is 4. The minimum absolute atomic E-state index is 0.248. The number of amides is 2. The normalized spacial score (nSPS) is 12.0. The molecule has 0 spiro atoms. The van der Waals surface area contributed by atoms with Crippen LogP contribution < -0.4 is 14.8 Å². The zero-order valence-corrected chi connectivity index (χ0v) is 15.2. The Kier molecular flexibility index (Phi) is 6.86. The molecular formula is C19H19F3N2O4. The first-order chi connectivity index (χ1) is 13.1. The minimum Gasteiger partial charge on any atom is -0.481 e. The van der Waals surface area contributed by atoms with E-state index < -0.39 is 30.0 Å². The molecule has 0 aliphatic rings. The number of alkyl halides is 3. The van der Waals surface area contributed by atoms with Crippen molar-refractivity contribution in [3.63, 3.8) is 0 Å². The Labute approximate surface area is 159 Å². The van der Waals surface area contributed by atoms with Gasteiger partial charge in [0.2, 0.25) is 5.91 Å². The van der Waals surface area contributed by atoms with Crippen LogP contribution in [0.1, 0.15) is 6.92 Å². The first kappa shape index (κ1) is 21.1. The van der Waals surface area contributed by atoms with Crippen LogP contribution in [0.15, 0.2) is 54.6 Å². The number of halogens is 3. The highest BCUT2D eigenvalue weighted by Gasteiger charge is 2.31. The van der Waals surface area contributed by atoms with Crippen LogP contribution in [0.5, 0.6) is 11.5 Å². The number of likely N-dealkylation sites (N-methyl/N-ethyl adjacent to an activating group) is 1. The molecule has 0 unspecified atom stereocenters. The standard InChI is InChI=1S/C19H19F3N2O4/c1-13(27-15-6-4-3-5-7-15)18(26)24(2)12-17(25)23-14-8-10-16(11-9-14)28-19(20,21)22/h3-11,13H,12H2,1-2H3,(H,23,25)/t13-/m0/s1. The number of nitrogens with one attached hydrogen (secondary N) is 1. The number of rotatable bonds is 7. The summed E-state index contributed by atoms with van der Waals surface area (Å²) in [4.78, 5) is 25.6. The van der Waals surface area contributed by atoms with Crippen molar-refractivity contribution in [2.24, 2.45) is 0 Å². The summed E-state index contributed by atoms with van der Waals surface area (Å²) in [5.41, 5.74) is 0.272. The largest absolute Gasteiger partial charge is 0.573 e. The van der Waals surface area contributed by atoms with E-state index in [1.165, 1.54) is 24.1 Å². The van der Waals surface area contributed by atoms with Gasteiger partial charge in [-0.3, -0.25) is 9.59 Å². The summed E-state index contributed by atoms with van der Waals surface area (Å²) >= 11 is 0. The van der Waals surface area contributed by atoms with E-state index in [0.717, 1.165) is 12.1 Å². The Morgan fingerprint density at radius 1 is 1.04 bits per heavy atom. The third kappa shape index (κ3) is 6.82. The van der Waals surface area contributed by atoms with Gasteiger partial charge in [0.15, 0.2) is 6.10 Å². The number of anilines is 1. The summed E-state index contributed by atoms with van der Waals surface area (Å²) in [6.45, 7) is 1.32. The molecule has 0 radical (unpaired) electrons. The van der Waals surface area contributed by atoms with Crippen LogP contribution in [0.3, 0.4) is 0 Å². The van der Waals surface area contributed by atoms with Crippen molar-refractivity contribution >= 4 is 17.5 Å². The number of carbonyl (C=O) groups excluding carboxylic acids is 2. The van der Waals surface area contributed by atoms with Gasteiger partial charge in [-0.1, -0.05) is 18.2 Å². The predicted molar refractivity (Wildman–Crippen MR) is 95.9 cm³/mol. The number of benzene rings is 2. The second-order valence-electron chi connectivity index (χ2n) is 5.89. The summed E-state index contributed by atoms with van der Waals surface area (Å²) < 4.78 is 45.7. The Morgan fingerprint density at radius 3 is 2.21 bits per heavy atom. The van der Waals surface area contributed by atoms with Gasteiger partial charge in [-0.15, -0.1) is 13.2 Å². The number of carbonyl (C=O) groups is 2. The number of nitrogens with zero attached hydrogens (tertiary/aromatic N) is 1. The lowest BCUT2D eigenvalue weighted by atomic mass is 10.3. The molecule has 150 valence electrons. The maximum Gasteiger partial charge on any atom is 0.573 e. The summed E-state index contributed by atoms with van der Waals surface area (Å²) in [6, 6.07) is 13.5. The van der Waals surface area contributed by atoms with Crippen molar-refractivity contribution in [3.05, 3.63) is 54.6 Å². The van der Waals surface area contributed by atoms with Crippen molar-refractivity contribution in [1.29, 1.82) is 0 Å². The molecule has 28 heavy (non-hydrogen) atoms. The fourth-order valence-electron chi connectivity index (χ4n) is 2.30. The summed E-state index contributed by atoms with van der Waals surface area (Å²) in [7, 11) is 1.45. The average Bonchev–Trinajstić information content (AvgIpc) is 2.62. The topological polar surface area (TPSA) is 67.9 Å². The van der Waals surface area contributed by atoms with Crippen LogP contribution in [-0.2, 0) is 9.59 Å². The van der Waals surface area contributed by atoms with Gasteiger partial charge in [0.05, 0.1) is 6.54 Å². The maximum absolute atomic E-state index is 12.3. The van der Waals surface area contributed by atoms with Crippen molar-refractivity contribution in [2.45, 2.75) is 19.4 Å². The van der Waals surface area contributed by atoms with Gasteiger partial charge in [0, 0.05) is 12.7 Å². The van der Waals surface area contributed by atoms with Crippen LogP contribution in [-0.4, -0.2) is 42.8 Å². The fraction of sp³-hybridized carbons (Fsp3) is 0.263. The van der Waals surface area contributed by atoms with Gasteiger partial charge in [-0.25, -0.2) is 0 Å². The Morgan fingerprint density at radius 2 is 1.64 bits per heavy atom. The molecule has 9 heteroatoms. The lowest BCUT2D eigenvalue weighted by Gasteiger charge is -2.21. The lowest BCUT2D eigenvalue weighted by Crippen LogP contribution is -2.41. The van der Waals surface area contributed by atoms with Crippen LogP contribution in [0.4, 0.5) is 18.9 Å². The molecule has 1 N–H and O–H groups in total. The molecule has 0 bridgehead atoms. The van der Waals surface area contributed by atoms with Crippen LogP contribution >= 0.6 is 0 Å². The van der Waals surface area contributed by atoms with Crippen molar-refractivity contribution in [2.75, 3.05) is 18.9 Å². The Balaban J connectivity index is 1.85. The van der Waals surface area contributed by atoms with Crippen LogP contribution in [0.2, 0.25) is 0 Å². The SMILES string of the molecule is C[C@H](Oc1ccccc1)C(=O)N(C)CC(=O)Nc1ccc(OC(F)(F)F)cc1. The van der Waals surface area contributed by atoms with Crippen molar-refractivity contribution in [1.82, 2.24) is 4.90 Å². The molecule has 0 aliphatic heterocycles. The zero-order valence-electron chi connectivity index (χ0n) is 15.2. The highest BCUT2D eigenvalue weighted by molar-refractivity contribution is 5.95. The van der Waals surface area contributed by atoms with E-state index in [1.54, 1.807) is 31.2 Å². The number of hydrogen-bond donors (Lipinski definition) is 1. The van der Waals surface area contributed by atoms with Gasteiger partial charge < -0.3 is 19.7 Å². The predicted octanol–water partition coefficient (Wildman–Crippen LogP) is 3.45. The van der Waals surface area contributed by atoms with Crippen molar-refractivity contribution < 1.29 is 32.2 Å². The first-order valence-corrected chi connectivity index (χ1v) is 8.26. The van der Waals surface area contributed by atoms with E-state index >= 15 is 0 Å². The smallest absolute Gasteiger partial charge is 0.481 e. The van der Waals surface area contributed by atoms with Gasteiger partial charge in [-0.05, 0) is 43.3 Å². The molecule has 0 aromatic heterocycles. The minimum atomic E-state index is -4.79. The number of para-hydroxylation sites is 1. The second kappa shape index (κ2) is 9.12. The molecule has 1 atom stereocenters. The Hall–Kier alpha value is -3.23. The van der Waals surface area contributed by atoms with Crippen molar-refractivity contribution in [3.8, 4) is 11.5 Å². The summed E-state index contributed by atoms with van der Waals surface area (Å²) in [5, 5.41) is 2.50. The van der Waals surface area contributed by atoms with E-state index in [-0.39, 0.29) is 12.2 Å². The third-order valence-corrected chi connectivity index (χ3v) is 3.53. The van der Waals surface area contributed by atoms with Gasteiger partial charge in [0.1, 0.15) is 11.5 Å².